The number of nitrogens with two attached hydrogens (primary N) is 1. The van der Waals surface area contributed by atoms with E-state index in [9.17, 15) is 18.0 Å². The molecule has 3 aromatic carbocycles. The van der Waals surface area contributed by atoms with Gasteiger partial charge in [-0.3, -0.25) is 13.9 Å². The van der Waals surface area contributed by atoms with Crippen LogP contribution >= 0.6 is 0 Å². The van der Waals surface area contributed by atoms with E-state index in [1.54, 1.807) is 66.7 Å². The lowest BCUT2D eigenvalue weighted by Gasteiger charge is -2.34. The molecule has 0 aliphatic carbocycles. The van der Waals surface area contributed by atoms with Crippen molar-refractivity contribution in [2.24, 2.45) is 5.73 Å². The molecule has 1 atom stereocenters. The maximum absolute atomic E-state index is 13.3. The Kier molecular flexibility index (Phi) is 5.83. The molecule has 0 fully saturated rings. The number of benzene rings is 3. The van der Waals surface area contributed by atoms with Crippen LogP contribution in [0.2, 0.25) is 0 Å². The van der Waals surface area contributed by atoms with Crippen LogP contribution in [-0.4, -0.2) is 32.9 Å². The molecule has 0 aromatic heterocycles. The molecular weight excluding hydrogens is 430 g/mol. The van der Waals surface area contributed by atoms with E-state index in [-0.39, 0.29) is 29.3 Å². The highest BCUT2D eigenvalue weighted by Crippen LogP contribution is 2.36. The Morgan fingerprint density at radius 2 is 1.62 bits per heavy atom. The topological polar surface area (TPSA) is 119 Å². The van der Waals surface area contributed by atoms with Gasteiger partial charge >= 0.3 is 0 Å². The summed E-state index contributed by atoms with van der Waals surface area (Å²) >= 11 is 0. The van der Waals surface area contributed by atoms with Crippen LogP contribution in [0.15, 0.2) is 78.9 Å². The summed E-state index contributed by atoms with van der Waals surface area (Å²) in [5.74, 6) is -1.23. The summed E-state index contributed by atoms with van der Waals surface area (Å²) in [6.07, 6.45) is -1.13. The summed E-state index contributed by atoms with van der Waals surface area (Å²) in [6, 6.07) is 21.8. The summed E-state index contributed by atoms with van der Waals surface area (Å²) in [5.41, 5.74) is 6.75. The van der Waals surface area contributed by atoms with Gasteiger partial charge in [-0.25, -0.2) is 8.42 Å². The predicted molar refractivity (Wildman–Crippen MR) is 121 cm³/mol. The molecule has 4 rings (SSSR count). The van der Waals surface area contributed by atoms with Crippen molar-refractivity contribution >= 4 is 33.2 Å². The third-order valence-corrected chi connectivity index (χ3v) is 6.72. The van der Waals surface area contributed by atoms with Crippen LogP contribution in [-0.2, 0) is 20.6 Å². The van der Waals surface area contributed by atoms with E-state index >= 15 is 0 Å². The first kappa shape index (κ1) is 21.4. The van der Waals surface area contributed by atoms with Crippen molar-refractivity contribution in [1.82, 2.24) is 0 Å². The van der Waals surface area contributed by atoms with Crippen LogP contribution < -0.4 is 20.1 Å². The summed E-state index contributed by atoms with van der Waals surface area (Å²) < 4.78 is 33.5. The maximum Gasteiger partial charge on any atom is 0.267 e. The molecule has 1 aliphatic rings. The van der Waals surface area contributed by atoms with E-state index in [0.717, 1.165) is 0 Å². The van der Waals surface area contributed by atoms with Crippen LogP contribution in [0.5, 0.6) is 5.75 Å². The quantitative estimate of drug-likeness (QED) is 0.597. The van der Waals surface area contributed by atoms with Gasteiger partial charge in [0.1, 0.15) is 5.75 Å². The lowest BCUT2D eigenvalue weighted by atomic mass is 10.1. The van der Waals surface area contributed by atoms with Gasteiger partial charge in [0.2, 0.25) is 10.0 Å². The molecule has 0 spiro atoms. The average molecular weight is 452 g/mol. The summed E-state index contributed by atoms with van der Waals surface area (Å²) in [5, 5.41) is 2.63. The Bertz CT molecular complexity index is 1260. The fourth-order valence-electron chi connectivity index (χ4n) is 3.49. The molecule has 164 valence electrons. The number of nitrogens with zero attached hydrogens (tertiary/aromatic N) is 1. The molecule has 0 saturated carbocycles. The van der Waals surface area contributed by atoms with Crippen LogP contribution in [0, 0.1) is 0 Å². The molecular formula is C23H21N3O5S. The van der Waals surface area contributed by atoms with Gasteiger partial charge in [-0.1, -0.05) is 54.6 Å². The van der Waals surface area contributed by atoms with Crippen LogP contribution in [0.3, 0.4) is 0 Å². The molecule has 0 saturated heterocycles. The van der Waals surface area contributed by atoms with Gasteiger partial charge in [-0.05, 0) is 29.8 Å². The minimum atomic E-state index is -3.81. The third kappa shape index (κ3) is 4.42. The van der Waals surface area contributed by atoms with E-state index in [1.807, 2.05) is 6.07 Å². The summed E-state index contributed by atoms with van der Waals surface area (Å²) in [7, 11) is -3.81. The van der Waals surface area contributed by atoms with E-state index in [1.165, 1.54) is 10.4 Å². The SMILES string of the molecule is NC(=O)c1ccccc1NC(=O)[C@H]1CN(S(=O)(=O)Cc2ccccc2)c2ccccc2O1. The van der Waals surface area contributed by atoms with Crippen LogP contribution in [0.4, 0.5) is 11.4 Å². The van der Waals surface area contributed by atoms with Crippen molar-refractivity contribution in [2.75, 3.05) is 16.2 Å². The van der Waals surface area contributed by atoms with Gasteiger partial charge in [0, 0.05) is 0 Å². The number of fused-ring (bicyclic) bond motifs is 1. The van der Waals surface area contributed by atoms with Crippen molar-refractivity contribution in [1.29, 1.82) is 0 Å². The van der Waals surface area contributed by atoms with Crippen molar-refractivity contribution in [3.63, 3.8) is 0 Å². The number of primary amides is 1. The number of carbonyl (C=O) groups excluding carboxylic acids is 2. The highest BCUT2D eigenvalue weighted by molar-refractivity contribution is 7.92. The zero-order valence-electron chi connectivity index (χ0n) is 17.0. The fraction of sp³-hybridized carbons (Fsp3) is 0.130. The summed E-state index contributed by atoms with van der Waals surface area (Å²) in [4.78, 5) is 24.6. The van der Waals surface area contributed by atoms with E-state index in [2.05, 4.69) is 5.32 Å². The number of ether oxygens (including phenoxy) is 1. The van der Waals surface area contributed by atoms with E-state index in [0.29, 0.717) is 11.3 Å². The van der Waals surface area contributed by atoms with Crippen molar-refractivity contribution < 1.29 is 22.7 Å². The molecule has 0 unspecified atom stereocenters. The van der Waals surface area contributed by atoms with Crippen LogP contribution in [0.25, 0.3) is 0 Å². The standard InChI is InChI=1S/C23H21N3O5S/c24-22(27)17-10-4-5-11-18(17)25-23(28)21-14-26(19-12-6-7-13-20(19)31-21)32(29,30)15-16-8-2-1-3-9-16/h1-13,21H,14-15H2,(H2,24,27)(H,25,28)/t21-/m1/s1. The van der Waals surface area contributed by atoms with E-state index < -0.39 is 27.9 Å². The van der Waals surface area contributed by atoms with Gasteiger partial charge in [-0.15, -0.1) is 0 Å². The highest BCUT2D eigenvalue weighted by Gasteiger charge is 2.37. The second-order valence-electron chi connectivity index (χ2n) is 7.25. The minimum absolute atomic E-state index is 0.144. The second-order valence-corrected chi connectivity index (χ2v) is 9.14. The van der Waals surface area contributed by atoms with Gasteiger partial charge in [0.15, 0.2) is 6.10 Å². The second kappa shape index (κ2) is 8.72. The Hall–Kier alpha value is -3.85. The number of rotatable bonds is 6. The van der Waals surface area contributed by atoms with Crippen LogP contribution in [0.1, 0.15) is 15.9 Å². The monoisotopic (exact) mass is 451 g/mol. The Balaban J connectivity index is 1.62. The van der Waals surface area contributed by atoms with E-state index in [4.69, 9.17) is 10.5 Å². The van der Waals surface area contributed by atoms with Gasteiger partial charge in [0.05, 0.1) is 29.2 Å². The number of para-hydroxylation sites is 3. The summed E-state index contributed by atoms with van der Waals surface area (Å²) in [6.45, 7) is -0.212. The zero-order chi connectivity index (χ0) is 22.7. The minimum Gasteiger partial charge on any atom is -0.476 e. The van der Waals surface area contributed by atoms with Crippen molar-refractivity contribution in [3.05, 3.63) is 90.0 Å². The lowest BCUT2D eigenvalue weighted by Crippen LogP contribution is -2.49. The molecule has 32 heavy (non-hydrogen) atoms. The first-order valence-corrected chi connectivity index (χ1v) is 11.5. The molecule has 2 amide bonds. The lowest BCUT2D eigenvalue weighted by molar-refractivity contribution is -0.122. The smallest absolute Gasteiger partial charge is 0.267 e. The van der Waals surface area contributed by atoms with Gasteiger partial charge < -0.3 is 15.8 Å². The number of nitrogens with one attached hydrogen (secondary N) is 1. The fourth-order valence-corrected chi connectivity index (χ4v) is 5.07. The predicted octanol–water partition coefficient (Wildman–Crippen LogP) is 2.52. The van der Waals surface area contributed by atoms with Crippen molar-refractivity contribution in [3.8, 4) is 5.75 Å². The molecule has 8 nitrogen and oxygen atoms in total. The first-order chi connectivity index (χ1) is 15.3. The number of amides is 2. The molecule has 3 N–H and O–H groups in total. The number of anilines is 2. The molecule has 1 aliphatic heterocycles. The molecule has 3 aromatic rings. The number of carbonyl (C=O) groups is 2. The number of hydrogen-bond acceptors (Lipinski definition) is 5. The molecule has 0 bridgehead atoms. The Labute approximate surface area is 185 Å². The normalized spacial score (nSPS) is 15.4. The highest BCUT2D eigenvalue weighted by atomic mass is 32.2. The zero-order valence-corrected chi connectivity index (χ0v) is 17.8. The molecule has 0 radical (unpaired) electrons. The maximum atomic E-state index is 13.3. The Morgan fingerprint density at radius 3 is 2.38 bits per heavy atom. The number of sulfonamides is 1. The first-order valence-electron chi connectivity index (χ1n) is 9.85. The van der Waals surface area contributed by atoms with Crippen molar-refractivity contribution in [2.45, 2.75) is 11.9 Å². The average Bonchev–Trinajstić information content (AvgIpc) is 2.79. The molecule has 9 heteroatoms. The molecule has 1 heterocycles. The number of hydrogen-bond donors (Lipinski definition) is 2. The Morgan fingerprint density at radius 1 is 0.969 bits per heavy atom. The van der Waals surface area contributed by atoms with Gasteiger partial charge in [-0.2, -0.15) is 0 Å². The largest absolute Gasteiger partial charge is 0.476 e. The van der Waals surface area contributed by atoms with Gasteiger partial charge in [0.25, 0.3) is 11.8 Å². The third-order valence-electron chi connectivity index (χ3n) is 5.01.